The van der Waals surface area contributed by atoms with Crippen molar-refractivity contribution in [3.63, 3.8) is 0 Å². The van der Waals surface area contributed by atoms with Gasteiger partial charge in [0.25, 0.3) is 0 Å². The predicted molar refractivity (Wildman–Crippen MR) is 114 cm³/mol. The highest BCUT2D eigenvalue weighted by atomic mass is 35.5. The van der Waals surface area contributed by atoms with E-state index in [1.54, 1.807) is 37.4 Å². The number of ether oxygens (including phenoxy) is 1. The Morgan fingerprint density at radius 1 is 1.10 bits per heavy atom. The number of benzene rings is 2. The Labute approximate surface area is 176 Å². The van der Waals surface area contributed by atoms with Gasteiger partial charge < -0.3 is 10.1 Å². The number of hydrogen-bond donors (Lipinski definition) is 1. The molecule has 0 unspecified atom stereocenters. The first-order chi connectivity index (χ1) is 13.7. The van der Waals surface area contributed by atoms with Gasteiger partial charge in [-0.2, -0.15) is 4.31 Å². The van der Waals surface area contributed by atoms with Gasteiger partial charge in [0.2, 0.25) is 15.9 Å². The third-order valence-electron chi connectivity index (χ3n) is 5.29. The van der Waals surface area contributed by atoms with Gasteiger partial charge in [-0.15, -0.1) is 0 Å². The lowest BCUT2D eigenvalue weighted by Crippen LogP contribution is -2.41. The molecule has 8 heteroatoms. The molecule has 1 aliphatic rings. The second-order valence-corrected chi connectivity index (χ2v) is 9.63. The zero-order valence-electron chi connectivity index (χ0n) is 16.7. The summed E-state index contributed by atoms with van der Waals surface area (Å²) < 4.78 is 32.6. The minimum atomic E-state index is -3.60. The average Bonchev–Trinajstić information content (AvgIpc) is 2.70. The molecule has 1 amide bonds. The monoisotopic (exact) mass is 436 g/mol. The molecule has 2 aromatic rings. The van der Waals surface area contributed by atoms with E-state index in [4.69, 9.17) is 16.3 Å². The molecule has 1 N–H and O–H groups in total. The van der Waals surface area contributed by atoms with Crippen LogP contribution >= 0.6 is 11.6 Å². The SMILES string of the molecule is COc1ccc(S(=O)(=O)N2CCC(C(=O)Nc3cc(Cl)ccc3C)CC2)cc1C. The standard InChI is InChI=1S/C21H25ClN2O4S/c1-14-4-5-17(22)13-19(14)23-21(25)16-8-10-24(11-9-16)29(26,27)18-6-7-20(28-3)15(2)12-18/h4-7,12-13,16H,8-11H2,1-3H3,(H,23,25). The third-order valence-corrected chi connectivity index (χ3v) is 7.42. The van der Waals surface area contributed by atoms with E-state index in [9.17, 15) is 13.2 Å². The first kappa shape index (κ1) is 21.6. The van der Waals surface area contributed by atoms with Gasteiger partial charge in [-0.25, -0.2) is 8.42 Å². The fourth-order valence-electron chi connectivity index (χ4n) is 3.48. The number of hydrogen-bond acceptors (Lipinski definition) is 4. The number of nitrogens with zero attached hydrogens (tertiary/aromatic N) is 1. The van der Waals surface area contributed by atoms with Crippen LogP contribution in [-0.4, -0.2) is 38.8 Å². The number of sulfonamides is 1. The molecule has 0 aromatic heterocycles. The minimum Gasteiger partial charge on any atom is -0.496 e. The second-order valence-electron chi connectivity index (χ2n) is 7.26. The maximum atomic E-state index is 13.0. The molecule has 1 fully saturated rings. The molecule has 6 nitrogen and oxygen atoms in total. The molecule has 2 aromatic carbocycles. The van der Waals surface area contributed by atoms with Crippen molar-refractivity contribution in [2.75, 3.05) is 25.5 Å². The summed E-state index contributed by atoms with van der Waals surface area (Å²) in [5, 5.41) is 3.48. The van der Waals surface area contributed by atoms with Gasteiger partial charge in [-0.05, 0) is 68.1 Å². The molecule has 0 radical (unpaired) electrons. The van der Waals surface area contributed by atoms with Crippen molar-refractivity contribution >= 4 is 33.2 Å². The molecule has 0 spiro atoms. The molecule has 0 bridgehead atoms. The van der Waals surface area contributed by atoms with Gasteiger partial charge in [0, 0.05) is 29.7 Å². The van der Waals surface area contributed by atoms with Crippen LogP contribution in [0.15, 0.2) is 41.3 Å². The van der Waals surface area contributed by atoms with Crippen LogP contribution in [0.2, 0.25) is 5.02 Å². The van der Waals surface area contributed by atoms with Crippen molar-refractivity contribution < 1.29 is 17.9 Å². The van der Waals surface area contributed by atoms with E-state index in [2.05, 4.69) is 5.32 Å². The van der Waals surface area contributed by atoms with Gasteiger partial charge in [0.1, 0.15) is 5.75 Å². The summed E-state index contributed by atoms with van der Waals surface area (Å²) in [6, 6.07) is 10.2. The molecule has 1 aliphatic heterocycles. The number of carbonyl (C=O) groups excluding carboxylic acids is 1. The number of rotatable bonds is 5. The van der Waals surface area contributed by atoms with E-state index in [1.165, 1.54) is 4.31 Å². The van der Waals surface area contributed by atoms with Crippen molar-refractivity contribution in [2.24, 2.45) is 5.92 Å². The largest absolute Gasteiger partial charge is 0.496 e. The van der Waals surface area contributed by atoms with Gasteiger partial charge in [-0.1, -0.05) is 17.7 Å². The van der Waals surface area contributed by atoms with E-state index in [0.29, 0.717) is 42.4 Å². The highest BCUT2D eigenvalue weighted by Crippen LogP contribution is 2.28. The van der Waals surface area contributed by atoms with Crippen LogP contribution in [0.5, 0.6) is 5.75 Å². The Morgan fingerprint density at radius 3 is 2.41 bits per heavy atom. The van der Waals surface area contributed by atoms with Crippen molar-refractivity contribution in [3.05, 3.63) is 52.5 Å². The number of aryl methyl sites for hydroxylation is 2. The maximum Gasteiger partial charge on any atom is 0.243 e. The van der Waals surface area contributed by atoms with E-state index in [0.717, 1.165) is 11.1 Å². The molecule has 0 saturated carbocycles. The lowest BCUT2D eigenvalue weighted by molar-refractivity contribution is -0.120. The summed E-state index contributed by atoms with van der Waals surface area (Å²) in [7, 11) is -2.05. The van der Waals surface area contributed by atoms with Crippen LogP contribution in [0.4, 0.5) is 5.69 Å². The van der Waals surface area contributed by atoms with E-state index in [1.807, 2.05) is 19.9 Å². The molecule has 29 heavy (non-hydrogen) atoms. The molecule has 1 saturated heterocycles. The van der Waals surface area contributed by atoms with Crippen LogP contribution in [-0.2, 0) is 14.8 Å². The third kappa shape index (κ3) is 4.74. The summed E-state index contributed by atoms with van der Waals surface area (Å²) >= 11 is 6.01. The van der Waals surface area contributed by atoms with Crippen molar-refractivity contribution in [2.45, 2.75) is 31.6 Å². The lowest BCUT2D eigenvalue weighted by atomic mass is 9.97. The van der Waals surface area contributed by atoms with Crippen LogP contribution in [0, 0.1) is 19.8 Å². The number of piperidine rings is 1. The Morgan fingerprint density at radius 2 is 1.79 bits per heavy atom. The molecule has 1 heterocycles. The Balaban J connectivity index is 1.65. The number of methoxy groups -OCH3 is 1. The van der Waals surface area contributed by atoms with Gasteiger partial charge in [-0.3, -0.25) is 4.79 Å². The molecular formula is C21H25ClN2O4S. The first-order valence-electron chi connectivity index (χ1n) is 9.44. The van der Waals surface area contributed by atoms with Crippen molar-refractivity contribution in [1.29, 1.82) is 0 Å². The van der Waals surface area contributed by atoms with E-state index < -0.39 is 10.0 Å². The lowest BCUT2D eigenvalue weighted by Gasteiger charge is -2.30. The van der Waals surface area contributed by atoms with Crippen LogP contribution in [0.3, 0.4) is 0 Å². The molecular weight excluding hydrogens is 412 g/mol. The molecule has 0 atom stereocenters. The summed E-state index contributed by atoms with van der Waals surface area (Å²) in [6.07, 6.45) is 0.944. The normalized spacial score (nSPS) is 15.9. The number of carbonyl (C=O) groups is 1. The summed E-state index contributed by atoms with van der Waals surface area (Å²) in [5.74, 6) is 0.306. The minimum absolute atomic E-state index is 0.104. The molecule has 0 aliphatic carbocycles. The highest BCUT2D eigenvalue weighted by molar-refractivity contribution is 7.89. The Kier molecular flexibility index (Phi) is 6.51. The zero-order valence-corrected chi connectivity index (χ0v) is 18.3. The van der Waals surface area contributed by atoms with Gasteiger partial charge in [0.05, 0.1) is 12.0 Å². The highest BCUT2D eigenvalue weighted by Gasteiger charge is 2.32. The summed E-state index contributed by atoms with van der Waals surface area (Å²) in [6.45, 7) is 4.32. The smallest absolute Gasteiger partial charge is 0.243 e. The van der Waals surface area contributed by atoms with Crippen LogP contribution < -0.4 is 10.1 Å². The molecule has 156 valence electrons. The maximum absolute atomic E-state index is 13.0. The number of nitrogens with one attached hydrogen (secondary N) is 1. The molecule has 3 rings (SSSR count). The fourth-order valence-corrected chi connectivity index (χ4v) is 5.21. The quantitative estimate of drug-likeness (QED) is 0.768. The fraction of sp³-hybridized carbons (Fsp3) is 0.381. The number of halogens is 1. The predicted octanol–water partition coefficient (Wildman–Crippen LogP) is 4.00. The van der Waals surface area contributed by atoms with Gasteiger partial charge >= 0.3 is 0 Å². The zero-order chi connectivity index (χ0) is 21.2. The number of amides is 1. The Bertz CT molecular complexity index is 1020. The van der Waals surface area contributed by atoms with Gasteiger partial charge in [0.15, 0.2) is 0 Å². The van der Waals surface area contributed by atoms with Crippen molar-refractivity contribution in [1.82, 2.24) is 4.31 Å². The summed E-state index contributed by atoms with van der Waals surface area (Å²) in [4.78, 5) is 12.9. The van der Waals surface area contributed by atoms with E-state index in [-0.39, 0.29) is 16.7 Å². The van der Waals surface area contributed by atoms with E-state index >= 15 is 0 Å². The topological polar surface area (TPSA) is 75.7 Å². The van der Waals surface area contributed by atoms with Crippen LogP contribution in [0.25, 0.3) is 0 Å². The first-order valence-corrected chi connectivity index (χ1v) is 11.3. The van der Waals surface area contributed by atoms with Crippen molar-refractivity contribution in [3.8, 4) is 5.75 Å². The summed E-state index contributed by atoms with van der Waals surface area (Å²) in [5.41, 5.74) is 2.38. The Hall–Kier alpha value is -2.09. The second kappa shape index (κ2) is 8.73. The van der Waals surface area contributed by atoms with Crippen LogP contribution in [0.1, 0.15) is 24.0 Å². The number of anilines is 1. The average molecular weight is 437 g/mol.